The molecule has 0 aromatic heterocycles. The van der Waals surface area contributed by atoms with Crippen molar-refractivity contribution in [2.24, 2.45) is 0 Å². The Hall–Kier alpha value is -0.248. The molecule has 0 spiro atoms. The first-order valence-electron chi connectivity index (χ1n) is 3.24. The molecule has 0 heterocycles. The van der Waals surface area contributed by atoms with E-state index in [9.17, 15) is 0 Å². The molecule has 10 heavy (non-hydrogen) atoms. The van der Waals surface area contributed by atoms with Crippen LogP contribution in [0.25, 0.3) is 0 Å². The van der Waals surface area contributed by atoms with E-state index in [4.69, 9.17) is 0 Å². The van der Waals surface area contributed by atoms with Gasteiger partial charge in [-0.1, -0.05) is 18.2 Å². The van der Waals surface area contributed by atoms with Gasteiger partial charge in [-0.2, -0.15) is 0 Å². The highest BCUT2D eigenvalue weighted by Crippen LogP contribution is 2.09. The van der Waals surface area contributed by atoms with Crippen LogP contribution in [0.15, 0.2) is 18.2 Å². The zero-order valence-corrected chi connectivity index (χ0v) is 6.23. The summed E-state index contributed by atoms with van der Waals surface area (Å²) >= 11 is 0. The second-order valence-electron chi connectivity index (χ2n) is 2.52. The van der Waals surface area contributed by atoms with E-state index < -0.39 is 0 Å². The summed E-state index contributed by atoms with van der Waals surface area (Å²) < 4.78 is 0. The molecule has 0 bridgehead atoms. The summed E-state index contributed by atoms with van der Waals surface area (Å²) in [6, 6.07) is 6.38. The van der Waals surface area contributed by atoms with Crippen LogP contribution in [0.5, 0.6) is 0 Å². The van der Waals surface area contributed by atoms with E-state index >= 15 is 0 Å². The average molecular weight is 150 g/mol. The lowest BCUT2D eigenvalue weighted by atomic mass is 10.1. The second-order valence-corrected chi connectivity index (χ2v) is 2.52. The molecule has 0 fully saturated rings. The minimum atomic E-state index is 0. The molecule has 1 aromatic carbocycles. The Labute approximate surface area is 73.4 Å². The molecular formula is C9H15Al. The maximum atomic E-state index is 2.16. The highest BCUT2D eigenvalue weighted by atomic mass is 27.0. The maximum absolute atomic E-state index is 2.16. The summed E-state index contributed by atoms with van der Waals surface area (Å²) in [4.78, 5) is 0. The first kappa shape index (κ1) is 9.75. The third kappa shape index (κ3) is 1.87. The molecule has 0 aliphatic heterocycles. The SMILES string of the molecule is Cc1cccc(C)c1C.[AlH3]. The van der Waals surface area contributed by atoms with E-state index in [-0.39, 0.29) is 17.4 Å². The fraction of sp³-hybridized carbons (Fsp3) is 0.333. The van der Waals surface area contributed by atoms with Gasteiger partial charge in [-0.3, -0.25) is 0 Å². The van der Waals surface area contributed by atoms with Crippen molar-refractivity contribution < 1.29 is 0 Å². The molecule has 0 nitrogen and oxygen atoms in total. The summed E-state index contributed by atoms with van der Waals surface area (Å²) in [6.45, 7) is 6.44. The van der Waals surface area contributed by atoms with Gasteiger partial charge >= 0.3 is 0 Å². The molecule has 0 aliphatic carbocycles. The third-order valence-corrected chi connectivity index (χ3v) is 1.88. The maximum Gasteiger partial charge on any atom is 0.187 e. The van der Waals surface area contributed by atoms with Crippen molar-refractivity contribution in [3.05, 3.63) is 34.9 Å². The van der Waals surface area contributed by atoms with Gasteiger partial charge in [0.1, 0.15) is 0 Å². The van der Waals surface area contributed by atoms with Crippen molar-refractivity contribution in [1.29, 1.82) is 0 Å². The van der Waals surface area contributed by atoms with Crippen molar-refractivity contribution in [2.75, 3.05) is 0 Å². The molecule has 0 N–H and O–H groups in total. The summed E-state index contributed by atoms with van der Waals surface area (Å²) in [7, 11) is 0. The van der Waals surface area contributed by atoms with Gasteiger partial charge in [-0.25, -0.2) is 0 Å². The first-order valence-corrected chi connectivity index (χ1v) is 3.24. The van der Waals surface area contributed by atoms with E-state index in [0.29, 0.717) is 0 Å². The molecule has 0 amide bonds. The van der Waals surface area contributed by atoms with Crippen LogP contribution in [0.2, 0.25) is 0 Å². The number of hydrogen-bond donors (Lipinski definition) is 0. The van der Waals surface area contributed by atoms with Crippen molar-refractivity contribution in [1.82, 2.24) is 0 Å². The molecule has 1 aromatic rings. The molecule has 0 unspecified atom stereocenters. The summed E-state index contributed by atoms with van der Waals surface area (Å²) in [5.41, 5.74) is 4.18. The van der Waals surface area contributed by atoms with Gasteiger partial charge in [-0.05, 0) is 37.5 Å². The van der Waals surface area contributed by atoms with Crippen LogP contribution in [-0.4, -0.2) is 17.4 Å². The zero-order valence-electron chi connectivity index (χ0n) is 6.23. The quantitative estimate of drug-likeness (QED) is 0.491. The summed E-state index contributed by atoms with van der Waals surface area (Å²) in [5.74, 6) is 0. The van der Waals surface area contributed by atoms with Crippen LogP contribution in [0.4, 0.5) is 0 Å². The third-order valence-electron chi connectivity index (χ3n) is 1.88. The fourth-order valence-corrected chi connectivity index (χ4v) is 0.898. The zero-order chi connectivity index (χ0) is 6.85. The van der Waals surface area contributed by atoms with Gasteiger partial charge < -0.3 is 0 Å². The number of benzene rings is 1. The molecule has 0 atom stereocenters. The Kier molecular flexibility index (Phi) is 3.71. The Morgan fingerprint density at radius 1 is 0.900 bits per heavy atom. The monoisotopic (exact) mass is 150 g/mol. The van der Waals surface area contributed by atoms with Crippen LogP contribution >= 0.6 is 0 Å². The van der Waals surface area contributed by atoms with Crippen LogP contribution in [0.3, 0.4) is 0 Å². The Morgan fingerprint density at radius 2 is 1.30 bits per heavy atom. The first-order chi connectivity index (χ1) is 4.22. The topological polar surface area (TPSA) is 0 Å². The lowest BCUT2D eigenvalue weighted by Crippen LogP contribution is -1.82. The Bertz CT molecular complexity index is 196. The Balaban J connectivity index is 0.000000810. The van der Waals surface area contributed by atoms with Crippen molar-refractivity contribution in [2.45, 2.75) is 20.8 Å². The number of aryl methyl sites for hydroxylation is 2. The number of hydrogen-bond acceptors (Lipinski definition) is 0. The lowest BCUT2D eigenvalue weighted by molar-refractivity contribution is 1.27. The molecule has 0 saturated heterocycles. The van der Waals surface area contributed by atoms with Crippen LogP contribution in [-0.2, 0) is 0 Å². The lowest BCUT2D eigenvalue weighted by Gasteiger charge is -2.00. The molecule has 0 aliphatic rings. The molecular weight excluding hydrogens is 135 g/mol. The predicted octanol–water partition coefficient (Wildman–Crippen LogP) is 1.43. The summed E-state index contributed by atoms with van der Waals surface area (Å²) in [6.07, 6.45) is 0. The molecule has 1 heteroatoms. The second kappa shape index (κ2) is 3.81. The van der Waals surface area contributed by atoms with Gasteiger partial charge in [-0.15, -0.1) is 0 Å². The summed E-state index contributed by atoms with van der Waals surface area (Å²) in [5, 5.41) is 0. The number of rotatable bonds is 0. The molecule has 54 valence electrons. The van der Waals surface area contributed by atoms with Gasteiger partial charge in [0, 0.05) is 0 Å². The molecule has 1 rings (SSSR count). The van der Waals surface area contributed by atoms with Crippen molar-refractivity contribution in [3.8, 4) is 0 Å². The van der Waals surface area contributed by atoms with E-state index in [1.807, 2.05) is 0 Å². The van der Waals surface area contributed by atoms with E-state index in [2.05, 4.69) is 39.0 Å². The smallest absolute Gasteiger partial charge is 0.0617 e. The van der Waals surface area contributed by atoms with Crippen molar-refractivity contribution >= 4 is 17.4 Å². The van der Waals surface area contributed by atoms with Crippen molar-refractivity contribution in [3.63, 3.8) is 0 Å². The Morgan fingerprint density at radius 3 is 1.60 bits per heavy atom. The van der Waals surface area contributed by atoms with Crippen LogP contribution in [0, 0.1) is 20.8 Å². The van der Waals surface area contributed by atoms with Gasteiger partial charge in [0.05, 0.1) is 0 Å². The highest BCUT2D eigenvalue weighted by Gasteiger charge is 1.91. The minimum Gasteiger partial charge on any atom is -0.0617 e. The van der Waals surface area contributed by atoms with Gasteiger partial charge in [0.25, 0.3) is 0 Å². The fourth-order valence-electron chi connectivity index (χ4n) is 0.898. The van der Waals surface area contributed by atoms with Crippen LogP contribution in [0.1, 0.15) is 16.7 Å². The van der Waals surface area contributed by atoms with Gasteiger partial charge in [0.15, 0.2) is 17.4 Å². The predicted molar refractivity (Wildman–Crippen MR) is 50.6 cm³/mol. The van der Waals surface area contributed by atoms with E-state index in [1.54, 1.807) is 0 Å². The normalized spacial score (nSPS) is 8.70. The van der Waals surface area contributed by atoms with E-state index in [0.717, 1.165) is 0 Å². The molecule has 0 radical (unpaired) electrons. The molecule has 0 saturated carbocycles. The van der Waals surface area contributed by atoms with Gasteiger partial charge in [0.2, 0.25) is 0 Å². The van der Waals surface area contributed by atoms with Crippen LogP contribution < -0.4 is 0 Å². The minimum absolute atomic E-state index is 0. The largest absolute Gasteiger partial charge is 0.187 e. The van der Waals surface area contributed by atoms with E-state index in [1.165, 1.54) is 16.7 Å². The average Bonchev–Trinajstić information content (AvgIpc) is 1.83. The highest BCUT2D eigenvalue weighted by molar-refractivity contribution is 5.75. The standard InChI is InChI=1S/C9H12.Al.3H/c1-7-5-4-6-8(2)9(7)3;;;;/h4-6H,1-3H3;;;;.